The van der Waals surface area contributed by atoms with E-state index in [1.54, 1.807) is 12.3 Å². The highest BCUT2D eigenvalue weighted by Gasteiger charge is 2.33. The zero-order valence-electron chi connectivity index (χ0n) is 15.1. The number of aromatic nitrogens is 1. The smallest absolute Gasteiger partial charge is 0.261 e. The Morgan fingerprint density at radius 1 is 0.929 bits per heavy atom. The van der Waals surface area contributed by atoms with Gasteiger partial charge in [0.2, 0.25) is 0 Å². The molecular formula is C22H17N3O3. The van der Waals surface area contributed by atoms with Gasteiger partial charge in [0, 0.05) is 18.8 Å². The number of amides is 3. The second-order valence-corrected chi connectivity index (χ2v) is 6.50. The van der Waals surface area contributed by atoms with Gasteiger partial charge in [-0.1, -0.05) is 36.4 Å². The monoisotopic (exact) mass is 371 g/mol. The SMILES string of the molecule is CN1C(=O)c2ccc(C(=O)NC(c3ccccc3)c3ccccn3)cc2C1=O. The molecule has 1 aliphatic rings. The fraction of sp³-hybridized carbons (Fsp3) is 0.0909. The van der Waals surface area contributed by atoms with Crippen LogP contribution in [0.15, 0.2) is 72.9 Å². The fourth-order valence-electron chi connectivity index (χ4n) is 3.24. The van der Waals surface area contributed by atoms with Crippen LogP contribution in [0.2, 0.25) is 0 Å². The minimum absolute atomic E-state index is 0.245. The maximum atomic E-state index is 12.9. The Morgan fingerprint density at radius 2 is 1.64 bits per heavy atom. The van der Waals surface area contributed by atoms with E-state index in [4.69, 9.17) is 0 Å². The van der Waals surface area contributed by atoms with E-state index in [9.17, 15) is 14.4 Å². The molecule has 1 N–H and O–H groups in total. The summed E-state index contributed by atoms with van der Waals surface area (Å²) in [6.07, 6.45) is 1.67. The average Bonchev–Trinajstić information content (AvgIpc) is 2.96. The molecule has 28 heavy (non-hydrogen) atoms. The highest BCUT2D eigenvalue weighted by Crippen LogP contribution is 2.24. The highest BCUT2D eigenvalue weighted by atomic mass is 16.2. The minimum atomic E-state index is -0.442. The predicted octanol–water partition coefficient (Wildman–Crippen LogP) is 2.83. The summed E-state index contributed by atoms with van der Waals surface area (Å²) in [5, 5.41) is 2.98. The molecule has 2 heterocycles. The first-order chi connectivity index (χ1) is 13.6. The topological polar surface area (TPSA) is 79.4 Å². The molecule has 0 aliphatic carbocycles. The number of nitrogens with one attached hydrogen (secondary N) is 1. The maximum absolute atomic E-state index is 12.9. The Labute approximate surface area is 161 Å². The highest BCUT2D eigenvalue weighted by molar-refractivity contribution is 6.21. The molecule has 0 fully saturated rings. The van der Waals surface area contributed by atoms with Gasteiger partial charge in [-0.3, -0.25) is 24.3 Å². The number of pyridine rings is 1. The Bertz CT molecular complexity index is 1030. The van der Waals surface area contributed by atoms with Crippen LogP contribution in [0.1, 0.15) is 48.4 Å². The number of benzene rings is 2. The third kappa shape index (κ3) is 3.05. The molecule has 138 valence electrons. The van der Waals surface area contributed by atoms with Crippen LogP contribution < -0.4 is 5.32 Å². The lowest BCUT2D eigenvalue weighted by molar-refractivity contribution is 0.0693. The van der Waals surface area contributed by atoms with Crippen molar-refractivity contribution in [2.24, 2.45) is 0 Å². The van der Waals surface area contributed by atoms with Crippen LogP contribution in [0, 0.1) is 0 Å². The molecule has 0 saturated carbocycles. The molecule has 0 radical (unpaired) electrons. The molecular weight excluding hydrogens is 354 g/mol. The van der Waals surface area contributed by atoms with Crippen molar-refractivity contribution in [2.45, 2.75) is 6.04 Å². The summed E-state index contributed by atoms with van der Waals surface area (Å²) in [4.78, 5) is 42.6. The minimum Gasteiger partial charge on any atom is -0.340 e. The number of carbonyl (C=O) groups is 3. The van der Waals surface area contributed by atoms with E-state index in [-0.39, 0.29) is 17.4 Å². The van der Waals surface area contributed by atoms with Crippen LogP contribution in [-0.4, -0.2) is 34.7 Å². The van der Waals surface area contributed by atoms with Crippen LogP contribution in [-0.2, 0) is 0 Å². The van der Waals surface area contributed by atoms with E-state index in [1.807, 2.05) is 48.5 Å². The van der Waals surface area contributed by atoms with Crippen molar-refractivity contribution >= 4 is 17.7 Å². The van der Waals surface area contributed by atoms with Crippen molar-refractivity contribution in [1.82, 2.24) is 15.2 Å². The summed E-state index contributed by atoms with van der Waals surface area (Å²) in [7, 11) is 1.43. The van der Waals surface area contributed by atoms with Gasteiger partial charge >= 0.3 is 0 Å². The van der Waals surface area contributed by atoms with Crippen LogP contribution in [0.5, 0.6) is 0 Å². The molecule has 6 heteroatoms. The predicted molar refractivity (Wildman–Crippen MR) is 103 cm³/mol. The van der Waals surface area contributed by atoms with Gasteiger partial charge in [0.25, 0.3) is 17.7 Å². The van der Waals surface area contributed by atoms with E-state index >= 15 is 0 Å². The standard InChI is InChI=1S/C22H17N3O3/c1-25-21(27)16-11-10-15(13-17(16)22(25)28)20(26)24-19(14-7-3-2-4-8-14)18-9-5-6-12-23-18/h2-13,19H,1H3,(H,24,26). The first kappa shape index (κ1) is 17.6. The number of carbonyl (C=O) groups excluding carboxylic acids is 3. The molecule has 4 rings (SSSR count). The molecule has 3 amide bonds. The maximum Gasteiger partial charge on any atom is 0.261 e. The van der Waals surface area contributed by atoms with E-state index in [2.05, 4.69) is 10.3 Å². The normalized spacial score (nSPS) is 14.0. The molecule has 0 spiro atoms. The second kappa shape index (κ2) is 7.08. The third-order valence-corrected chi connectivity index (χ3v) is 4.74. The van der Waals surface area contributed by atoms with Gasteiger partial charge in [-0.25, -0.2) is 0 Å². The Balaban J connectivity index is 1.66. The number of nitrogens with zero attached hydrogens (tertiary/aromatic N) is 2. The number of rotatable bonds is 4. The van der Waals surface area contributed by atoms with Crippen molar-refractivity contribution in [3.8, 4) is 0 Å². The van der Waals surface area contributed by atoms with E-state index in [0.29, 0.717) is 16.8 Å². The number of imide groups is 1. The van der Waals surface area contributed by atoms with Crippen LogP contribution >= 0.6 is 0 Å². The van der Waals surface area contributed by atoms with Crippen molar-refractivity contribution in [3.05, 3.63) is 101 Å². The fourth-order valence-corrected chi connectivity index (χ4v) is 3.24. The van der Waals surface area contributed by atoms with Crippen molar-refractivity contribution in [2.75, 3.05) is 7.05 Å². The summed E-state index contributed by atoms with van der Waals surface area (Å²) in [6, 6.07) is 19.1. The van der Waals surface area contributed by atoms with E-state index in [1.165, 1.54) is 19.2 Å². The molecule has 0 bridgehead atoms. The van der Waals surface area contributed by atoms with Crippen LogP contribution in [0.4, 0.5) is 0 Å². The van der Waals surface area contributed by atoms with E-state index in [0.717, 1.165) is 10.5 Å². The number of fused-ring (bicyclic) bond motifs is 1. The molecule has 1 aliphatic heterocycles. The van der Waals surface area contributed by atoms with Crippen molar-refractivity contribution in [3.63, 3.8) is 0 Å². The largest absolute Gasteiger partial charge is 0.340 e. The van der Waals surface area contributed by atoms with Gasteiger partial charge in [-0.15, -0.1) is 0 Å². The number of hydrogen-bond acceptors (Lipinski definition) is 4. The van der Waals surface area contributed by atoms with E-state index < -0.39 is 11.9 Å². The molecule has 6 nitrogen and oxygen atoms in total. The zero-order chi connectivity index (χ0) is 19.7. The van der Waals surface area contributed by atoms with Crippen molar-refractivity contribution in [1.29, 1.82) is 0 Å². The second-order valence-electron chi connectivity index (χ2n) is 6.50. The molecule has 2 aromatic carbocycles. The summed E-state index contributed by atoms with van der Waals surface area (Å²) in [5.74, 6) is -1.11. The zero-order valence-corrected chi connectivity index (χ0v) is 15.1. The first-order valence-corrected chi connectivity index (χ1v) is 8.79. The van der Waals surface area contributed by atoms with Crippen molar-refractivity contribution < 1.29 is 14.4 Å². The summed E-state index contributed by atoms with van der Waals surface area (Å²) >= 11 is 0. The average molecular weight is 371 g/mol. The van der Waals surface area contributed by atoms with Gasteiger partial charge < -0.3 is 5.32 Å². The lowest BCUT2D eigenvalue weighted by atomic mass is 10.0. The third-order valence-electron chi connectivity index (χ3n) is 4.74. The Hall–Kier alpha value is -3.80. The first-order valence-electron chi connectivity index (χ1n) is 8.79. The molecule has 0 saturated heterocycles. The summed E-state index contributed by atoms with van der Waals surface area (Å²) < 4.78 is 0. The van der Waals surface area contributed by atoms with Gasteiger partial charge in [-0.2, -0.15) is 0 Å². The molecule has 1 atom stereocenters. The number of hydrogen-bond donors (Lipinski definition) is 1. The summed E-state index contributed by atoms with van der Waals surface area (Å²) in [5.41, 5.74) is 2.46. The molecule has 3 aromatic rings. The lowest BCUT2D eigenvalue weighted by Crippen LogP contribution is -2.30. The van der Waals surface area contributed by atoms with Gasteiger partial charge in [0.15, 0.2) is 0 Å². The Morgan fingerprint density at radius 3 is 2.36 bits per heavy atom. The lowest BCUT2D eigenvalue weighted by Gasteiger charge is -2.19. The van der Waals surface area contributed by atoms with Gasteiger partial charge in [-0.05, 0) is 35.9 Å². The quantitative estimate of drug-likeness (QED) is 0.715. The summed E-state index contributed by atoms with van der Waals surface area (Å²) in [6.45, 7) is 0. The Kier molecular flexibility index (Phi) is 4.45. The molecule has 1 unspecified atom stereocenters. The molecule has 1 aromatic heterocycles. The van der Waals surface area contributed by atoms with Gasteiger partial charge in [0.1, 0.15) is 0 Å². The van der Waals surface area contributed by atoms with Crippen LogP contribution in [0.25, 0.3) is 0 Å². The van der Waals surface area contributed by atoms with Crippen LogP contribution in [0.3, 0.4) is 0 Å². The van der Waals surface area contributed by atoms with Gasteiger partial charge in [0.05, 0.1) is 22.9 Å².